The van der Waals surface area contributed by atoms with Crippen LogP contribution in [0.4, 0.5) is 0 Å². The summed E-state index contributed by atoms with van der Waals surface area (Å²) in [7, 11) is 0. The minimum atomic E-state index is -1.88. The van der Waals surface area contributed by atoms with E-state index >= 15 is 0 Å². The summed E-state index contributed by atoms with van der Waals surface area (Å²) in [5.41, 5.74) is 19.0. The molecule has 0 unspecified atom stereocenters. The Morgan fingerprint density at radius 2 is 0.827 bits per heavy atom. The van der Waals surface area contributed by atoms with Crippen LogP contribution in [0.25, 0.3) is 10.9 Å². The van der Waals surface area contributed by atoms with Crippen molar-refractivity contribution in [3.05, 3.63) is 102 Å². The Bertz CT molecular complexity index is 4380. The number of hydrogen-bond acceptors (Lipinski definition) is 23. The number of benzene rings is 3. The molecular formula is C85H128N20O21S. The maximum atomic E-state index is 14.4. The summed E-state index contributed by atoms with van der Waals surface area (Å²) in [6, 6.07) is 4.46. The minimum absolute atomic E-state index is 0.00618. The van der Waals surface area contributed by atoms with Crippen LogP contribution >= 0.6 is 11.8 Å². The van der Waals surface area contributed by atoms with E-state index in [-0.39, 0.29) is 107 Å². The van der Waals surface area contributed by atoms with Gasteiger partial charge in [0.15, 0.2) is 0 Å². The molecule has 0 fully saturated rings. The number of aromatic nitrogens is 1. The number of aromatic amines is 1. The summed E-state index contributed by atoms with van der Waals surface area (Å²) in [5.74, 6) is -16.1. The Labute approximate surface area is 741 Å². The van der Waals surface area contributed by atoms with Gasteiger partial charge in [-0.2, -0.15) is 11.8 Å². The highest BCUT2D eigenvalue weighted by Gasteiger charge is 2.38. The molecule has 0 saturated carbocycles. The van der Waals surface area contributed by atoms with E-state index in [1.807, 2.05) is 20.1 Å². The molecule has 4 rings (SSSR count). The smallest absolute Gasteiger partial charge is 0.245 e. The third kappa shape index (κ3) is 39.8. The maximum Gasteiger partial charge on any atom is 0.245 e. The van der Waals surface area contributed by atoms with Gasteiger partial charge in [-0.05, 0) is 129 Å². The third-order valence-electron chi connectivity index (χ3n) is 19.6. The fourth-order valence-electron chi connectivity index (χ4n) is 13.1. The standard InChI is InChI=1S/C85H128N20O21S/c1-45(2)31-58(76(117)92-41-70(112)89-29-18-17-23-68(110)95-62(35-51-19-13-12-14-20-51)77(118)93-43-72(114)97-59(32-46(3)4)78(119)99-57(74(88)115)28-30-127-11)100-79(120)60(33-47(5)6)101-81(122)63(36-52-24-26-54(108)27-25-52)98-71(113)42-91-75(116)49(9)94-84(125)66(44-106)104-82(123)65(38-67(87)109)102-80(121)61(34-48(7)8)103-85(126)73(50(10)107)105-83(124)64(96-69(111)39-86)37-53-40-90-56-22-16-15-21-55(53)56/h12-16,19-22,24-27,40,45-50,57-66,73,90,106-108H,17-18,23,28-39,41-44,86H2,1-11H3,(H2,87,109)(H2,88,115)(H,89,112)(H,91,116)(H,92,117)(H,93,118)(H,94,125)(H,95,110)(H,96,111)(H,97,114)(H,98,113)(H,99,119)(H,100,120)(H,101,122)(H,102,121)(H,103,126)(H,104,123)(H,105,124)/t49-,50+,57-,58-,59-,60-,61-,62-,63-,64-,65-,66-,73-/m0/s1. The van der Waals surface area contributed by atoms with Gasteiger partial charge in [0.2, 0.25) is 106 Å². The molecule has 0 aliphatic carbocycles. The molecule has 700 valence electrons. The van der Waals surface area contributed by atoms with E-state index < -0.39 is 224 Å². The number of rotatable bonds is 57. The van der Waals surface area contributed by atoms with Crippen molar-refractivity contribution in [2.75, 3.05) is 51.3 Å². The number of nitrogens with one attached hydrogen (secondary N) is 17. The molecule has 3 aromatic carbocycles. The number of phenols is 1. The number of nitrogens with two attached hydrogens (primary N) is 3. The van der Waals surface area contributed by atoms with Crippen molar-refractivity contribution >= 4 is 129 Å². The zero-order chi connectivity index (χ0) is 94.7. The fraction of sp³-hybridized carbons (Fsp3) is 0.553. The zero-order valence-electron chi connectivity index (χ0n) is 73.7. The molecule has 0 saturated heterocycles. The van der Waals surface area contributed by atoms with E-state index in [1.165, 1.54) is 49.9 Å². The molecule has 1 aromatic heterocycles. The normalized spacial score (nSPS) is 14.3. The van der Waals surface area contributed by atoms with Crippen molar-refractivity contribution in [3.8, 4) is 5.75 Å². The number of aliphatic hydroxyl groups excluding tert-OH is 2. The van der Waals surface area contributed by atoms with Crippen molar-refractivity contribution < 1.29 is 102 Å². The van der Waals surface area contributed by atoms with Crippen molar-refractivity contribution in [3.63, 3.8) is 0 Å². The Balaban J connectivity index is 1.34. The summed E-state index contributed by atoms with van der Waals surface area (Å²) in [6.07, 6.45) is 1.60. The molecule has 13 atom stereocenters. The van der Waals surface area contributed by atoms with Crippen LogP contribution in [0.3, 0.4) is 0 Å². The number of carbonyl (C=O) groups is 18. The molecule has 0 bridgehead atoms. The van der Waals surface area contributed by atoms with Crippen LogP contribution in [-0.4, -0.2) is 257 Å². The minimum Gasteiger partial charge on any atom is -0.508 e. The van der Waals surface area contributed by atoms with Crippen LogP contribution in [0.5, 0.6) is 5.75 Å². The first-order chi connectivity index (χ1) is 60.0. The summed E-state index contributed by atoms with van der Waals surface area (Å²) < 4.78 is 0. The summed E-state index contributed by atoms with van der Waals surface area (Å²) >= 11 is 1.47. The Hall–Kier alpha value is -12.3. The first-order valence-electron chi connectivity index (χ1n) is 42.1. The number of thioether (sulfide) groups is 1. The summed E-state index contributed by atoms with van der Waals surface area (Å²) in [5, 5.41) is 72.1. The lowest BCUT2D eigenvalue weighted by atomic mass is 9.99. The second-order valence-electron chi connectivity index (χ2n) is 32.6. The number of fused-ring (bicyclic) bond motifs is 1. The zero-order valence-corrected chi connectivity index (χ0v) is 74.5. The van der Waals surface area contributed by atoms with Crippen molar-refractivity contribution in [2.24, 2.45) is 40.9 Å². The van der Waals surface area contributed by atoms with Gasteiger partial charge in [-0.3, -0.25) is 86.3 Å². The van der Waals surface area contributed by atoms with Crippen LogP contribution in [0.2, 0.25) is 0 Å². The highest BCUT2D eigenvalue weighted by atomic mass is 32.2. The third-order valence-corrected chi connectivity index (χ3v) is 20.3. The highest BCUT2D eigenvalue weighted by Crippen LogP contribution is 2.21. The number of primary amides is 2. The van der Waals surface area contributed by atoms with Crippen LogP contribution in [0, 0.1) is 23.7 Å². The second-order valence-corrected chi connectivity index (χ2v) is 33.6. The van der Waals surface area contributed by atoms with E-state index in [2.05, 4.69) is 90.1 Å². The molecule has 26 N–H and O–H groups in total. The molecule has 42 heteroatoms. The number of unbranched alkanes of at least 4 members (excludes halogenated alkanes) is 1. The number of aliphatic hydroxyl groups is 2. The molecule has 0 aliphatic rings. The second kappa shape index (κ2) is 55.2. The van der Waals surface area contributed by atoms with Crippen LogP contribution < -0.4 is 102 Å². The quantitative estimate of drug-likeness (QED) is 0.0187. The van der Waals surface area contributed by atoms with Gasteiger partial charge in [0, 0.05) is 49.3 Å². The van der Waals surface area contributed by atoms with Crippen LogP contribution in [-0.2, 0) is 106 Å². The summed E-state index contributed by atoms with van der Waals surface area (Å²) in [6.45, 7) is 13.0. The number of hydrogen-bond donors (Lipinski definition) is 23. The predicted molar refractivity (Wildman–Crippen MR) is 470 cm³/mol. The number of carbonyl (C=O) groups excluding carboxylic acids is 18. The molecule has 0 aliphatic heterocycles. The van der Waals surface area contributed by atoms with Gasteiger partial charge in [-0.1, -0.05) is 116 Å². The van der Waals surface area contributed by atoms with Crippen molar-refractivity contribution in [2.45, 2.75) is 225 Å². The maximum absolute atomic E-state index is 14.4. The lowest BCUT2D eigenvalue weighted by Crippen LogP contribution is -2.62. The molecule has 18 amide bonds. The average molecular weight is 1800 g/mol. The predicted octanol–water partition coefficient (Wildman–Crippen LogP) is -4.00. The number of aromatic hydroxyl groups is 1. The lowest BCUT2D eigenvalue weighted by Gasteiger charge is -2.28. The Morgan fingerprint density at radius 3 is 1.35 bits per heavy atom. The molecule has 1 heterocycles. The van der Waals surface area contributed by atoms with E-state index in [4.69, 9.17) is 17.2 Å². The largest absolute Gasteiger partial charge is 0.508 e. The van der Waals surface area contributed by atoms with Crippen LogP contribution in [0.15, 0.2) is 85.1 Å². The number of phenolic OH excluding ortho intramolecular Hbond substituents is 1. The van der Waals surface area contributed by atoms with Gasteiger partial charge in [0.05, 0.1) is 45.3 Å². The van der Waals surface area contributed by atoms with Crippen LogP contribution in [0.1, 0.15) is 144 Å². The first kappa shape index (κ1) is 107. The van der Waals surface area contributed by atoms with Gasteiger partial charge >= 0.3 is 0 Å². The van der Waals surface area contributed by atoms with Gasteiger partial charge in [0.25, 0.3) is 0 Å². The highest BCUT2D eigenvalue weighted by molar-refractivity contribution is 7.98. The topological polar surface area (TPSA) is 654 Å². The van der Waals surface area contributed by atoms with E-state index in [9.17, 15) is 102 Å². The molecular weight excluding hydrogens is 1670 g/mol. The van der Waals surface area contributed by atoms with E-state index in [0.717, 1.165) is 10.9 Å². The van der Waals surface area contributed by atoms with E-state index in [1.54, 1.807) is 102 Å². The van der Waals surface area contributed by atoms with Gasteiger partial charge in [-0.15, -0.1) is 0 Å². The fourth-order valence-corrected chi connectivity index (χ4v) is 13.5. The molecule has 0 spiro atoms. The van der Waals surface area contributed by atoms with Crippen molar-refractivity contribution in [1.82, 2.24) is 90.1 Å². The van der Waals surface area contributed by atoms with E-state index in [0.29, 0.717) is 22.4 Å². The molecule has 41 nitrogen and oxygen atoms in total. The Morgan fingerprint density at radius 1 is 0.409 bits per heavy atom. The van der Waals surface area contributed by atoms with Gasteiger partial charge in [-0.25, -0.2) is 0 Å². The average Bonchev–Trinajstić information content (AvgIpc) is 1.69. The summed E-state index contributed by atoms with van der Waals surface area (Å²) in [4.78, 5) is 246. The monoisotopic (exact) mass is 1800 g/mol. The van der Waals surface area contributed by atoms with Gasteiger partial charge in [0.1, 0.15) is 78.3 Å². The SMILES string of the molecule is CSCC[C@H](NC(=O)[C@H](CC(C)C)NC(=O)CNC(=O)[C@H](Cc1ccccc1)NC(=O)CCCCNC(=O)CNC(=O)[C@H](CC(C)C)NC(=O)[C@H](CC(C)C)NC(=O)[C@H](Cc1ccc(O)cc1)NC(=O)CNC(=O)[C@H](C)NC(=O)[C@H](CO)NC(=O)[C@H](CC(N)=O)NC(=O)[C@H](CC(C)C)NC(=O)[C@@H](NC(=O)[C@H](Cc1c[nH]c2ccccc12)NC(=O)CN)[C@@H](C)O)C(N)=O. The molecule has 127 heavy (non-hydrogen) atoms. The lowest BCUT2D eigenvalue weighted by molar-refractivity contribution is -0.137. The number of amides is 18. The van der Waals surface area contributed by atoms with Crippen molar-refractivity contribution in [1.29, 1.82) is 0 Å². The molecule has 0 radical (unpaired) electrons. The Kier molecular flexibility index (Phi) is 46.5. The number of H-pyrrole nitrogens is 1. The number of para-hydroxylation sites is 1. The van der Waals surface area contributed by atoms with Gasteiger partial charge < -0.3 is 123 Å². The molecule has 4 aromatic rings. The first-order valence-corrected chi connectivity index (χ1v) is 43.5.